The van der Waals surface area contributed by atoms with Gasteiger partial charge < -0.3 is 9.15 Å². The second kappa shape index (κ2) is 7.55. The fourth-order valence-corrected chi connectivity index (χ4v) is 3.60. The number of likely N-dealkylation sites (N-methyl/N-ethyl adjacent to an activating group) is 1. The van der Waals surface area contributed by atoms with Gasteiger partial charge in [-0.15, -0.1) is 0 Å². The number of carbonyl (C=O) groups excluding carboxylic acids is 1. The van der Waals surface area contributed by atoms with Crippen LogP contribution in [0.5, 0.6) is 5.75 Å². The van der Waals surface area contributed by atoms with E-state index in [1.54, 1.807) is 47.4 Å². The Hall–Kier alpha value is -2.56. The predicted octanol–water partition coefficient (Wildman–Crippen LogP) is 3.95. The van der Waals surface area contributed by atoms with E-state index in [0.29, 0.717) is 38.6 Å². The summed E-state index contributed by atoms with van der Waals surface area (Å²) in [6.45, 7) is 2.71. The van der Waals surface area contributed by atoms with Gasteiger partial charge in [-0.3, -0.25) is 9.69 Å². The average Bonchev–Trinajstić information content (AvgIpc) is 3.18. The Kier molecular flexibility index (Phi) is 5.22. The lowest BCUT2D eigenvalue weighted by molar-refractivity contribution is -0.121. The Balaban J connectivity index is 1.64. The van der Waals surface area contributed by atoms with Crippen molar-refractivity contribution < 1.29 is 13.9 Å². The van der Waals surface area contributed by atoms with Gasteiger partial charge in [0, 0.05) is 12.6 Å². The molecule has 0 aliphatic carbocycles. The van der Waals surface area contributed by atoms with E-state index in [0.717, 1.165) is 0 Å². The normalized spacial score (nSPS) is 15.7. The number of ether oxygens (including phenoxy) is 1. The summed E-state index contributed by atoms with van der Waals surface area (Å²) in [4.78, 5) is 14.3. The van der Waals surface area contributed by atoms with E-state index in [2.05, 4.69) is 6.07 Å². The molecule has 0 saturated carbocycles. The molecule has 2 heterocycles. The minimum atomic E-state index is -0.0933. The SMILES string of the molecule is CCN1C(=O)/C(=C/c2ccc(COc3ccc(C#N)cc3)o2)SC1=S. The maximum Gasteiger partial charge on any atom is 0.266 e. The highest BCUT2D eigenvalue weighted by Gasteiger charge is 2.30. The van der Waals surface area contributed by atoms with Crippen LogP contribution in [0.1, 0.15) is 24.0 Å². The molecule has 1 aliphatic heterocycles. The number of benzene rings is 1. The molecule has 1 aliphatic rings. The van der Waals surface area contributed by atoms with Crippen LogP contribution in [-0.2, 0) is 11.4 Å². The number of thiocarbonyl (C=S) groups is 1. The number of thioether (sulfide) groups is 1. The number of nitrogens with zero attached hydrogens (tertiary/aromatic N) is 2. The summed E-state index contributed by atoms with van der Waals surface area (Å²) in [6, 6.07) is 12.5. The minimum absolute atomic E-state index is 0.0933. The zero-order valence-corrected chi connectivity index (χ0v) is 15.0. The molecular formula is C18H14N2O3S2. The molecule has 5 nitrogen and oxygen atoms in total. The molecule has 25 heavy (non-hydrogen) atoms. The first-order chi connectivity index (χ1) is 12.1. The average molecular weight is 370 g/mol. The quantitative estimate of drug-likeness (QED) is 0.586. The first kappa shape index (κ1) is 17.3. The minimum Gasteiger partial charge on any atom is -0.486 e. The van der Waals surface area contributed by atoms with E-state index in [4.69, 9.17) is 26.6 Å². The van der Waals surface area contributed by atoms with Crippen molar-refractivity contribution in [1.29, 1.82) is 5.26 Å². The van der Waals surface area contributed by atoms with Gasteiger partial charge in [0.05, 0.1) is 16.5 Å². The van der Waals surface area contributed by atoms with E-state index in [1.807, 2.05) is 6.92 Å². The Labute approximate surface area is 154 Å². The van der Waals surface area contributed by atoms with Crippen LogP contribution < -0.4 is 4.74 Å². The van der Waals surface area contributed by atoms with Crippen LogP contribution in [0.4, 0.5) is 0 Å². The van der Waals surface area contributed by atoms with Crippen molar-refractivity contribution in [3.8, 4) is 11.8 Å². The molecule has 1 aromatic carbocycles. The smallest absolute Gasteiger partial charge is 0.266 e. The van der Waals surface area contributed by atoms with Crippen LogP contribution >= 0.6 is 24.0 Å². The lowest BCUT2D eigenvalue weighted by Crippen LogP contribution is -2.27. The molecule has 0 radical (unpaired) electrons. The summed E-state index contributed by atoms with van der Waals surface area (Å²) >= 11 is 6.46. The number of carbonyl (C=O) groups is 1. The summed E-state index contributed by atoms with van der Waals surface area (Å²) in [6.07, 6.45) is 1.69. The van der Waals surface area contributed by atoms with Crippen LogP contribution in [-0.4, -0.2) is 21.7 Å². The van der Waals surface area contributed by atoms with Crippen LogP contribution in [0.3, 0.4) is 0 Å². The molecule has 0 atom stereocenters. The molecule has 0 unspecified atom stereocenters. The van der Waals surface area contributed by atoms with Crippen molar-refractivity contribution >= 4 is 40.3 Å². The Bertz CT molecular complexity index is 878. The summed E-state index contributed by atoms with van der Waals surface area (Å²) in [5.74, 6) is 1.78. The standard InChI is InChI=1S/C18H14N2O3S2/c1-2-20-17(21)16(25-18(20)24)9-14-7-8-15(23-14)11-22-13-5-3-12(10-19)4-6-13/h3-9H,2,11H2,1H3/b16-9-. The van der Waals surface area contributed by atoms with Crippen molar-refractivity contribution in [2.24, 2.45) is 0 Å². The predicted molar refractivity (Wildman–Crippen MR) is 99.8 cm³/mol. The van der Waals surface area contributed by atoms with Crippen molar-refractivity contribution in [1.82, 2.24) is 4.90 Å². The zero-order chi connectivity index (χ0) is 17.8. The Morgan fingerprint density at radius 1 is 1.32 bits per heavy atom. The molecule has 1 fully saturated rings. The third kappa shape index (κ3) is 3.92. The molecule has 0 spiro atoms. The van der Waals surface area contributed by atoms with Crippen molar-refractivity contribution in [2.45, 2.75) is 13.5 Å². The summed E-state index contributed by atoms with van der Waals surface area (Å²) in [5, 5.41) is 8.78. The number of hydrogen-bond acceptors (Lipinski definition) is 6. The second-order valence-electron chi connectivity index (χ2n) is 5.15. The van der Waals surface area contributed by atoms with Gasteiger partial charge in [0.2, 0.25) is 0 Å². The van der Waals surface area contributed by atoms with Crippen molar-refractivity contribution in [3.05, 3.63) is 58.4 Å². The van der Waals surface area contributed by atoms with Crippen LogP contribution in [0, 0.1) is 11.3 Å². The topological polar surface area (TPSA) is 66.5 Å². The Morgan fingerprint density at radius 2 is 2.08 bits per heavy atom. The second-order valence-corrected chi connectivity index (χ2v) is 6.83. The van der Waals surface area contributed by atoms with Gasteiger partial charge in [-0.05, 0) is 43.3 Å². The number of hydrogen-bond donors (Lipinski definition) is 0. The monoisotopic (exact) mass is 370 g/mol. The van der Waals surface area contributed by atoms with Gasteiger partial charge in [0.25, 0.3) is 5.91 Å². The maximum absolute atomic E-state index is 12.2. The first-order valence-corrected chi connectivity index (χ1v) is 8.80. The van der Waals surface area contributed by atoms with E-state index in [9.17, 15) is 4.79 Å². The maximum atomic E-state index is 12.2. The van der Waals surface area contributed by atoms with Gasteiger partial charge in [-0.25, -0.2) is 0 Å². The van der Waals surface area contributed by atoms with E-state index in [-0.39, 0.29) is 12.5 Å². The third-order valence-electron chi connectivity index (χ3n) is 3.51. The number of rotatable bonds is 5. The number of amides is 1. The molecule has 3 rings (SSSR count). The highest BCUT2D eigenvalue weighted by molar-refractivity contribution is 8.26. The third-order valence-corrected chi connectivity index (χ3v) is 4.89. The van der Waals surface area contributed by atoms with Gasteiger partial charge in [0.1, 0.15) is 28.2 Å². The van der Waals surface area contributed by atoms with E-state index < -0.39 is 0 Å². The summed E-state index contributed by atoms with van der Waals surface area (Å²) < 4.78 is 11.9. The molecular weight excluding hydrogens is 356 g/mol. The van der Waals surface area contributed by atoms with E-state index >= 15 is 0 Å². The lowest BCUT2D eigenvalue weighted by atomic mass is 10.2. The molecule has 7 heteroatoms. The van der Waals surface area contributed by atoms with Gasteiger partial charge in [-0.1, -0.05) is 24.0 Å². The molecule has 1 aromatic heterocycles. The molecule has 1 saturated heterocycles. The Morgan fingerprint density at radius 3 is 2.72 bits per heavy atom. The summed E-state index contributed by atoms with van der Waals surface area (Å²) in [7, 11) is 0. The fraction of sp³-hybridized carbons (Fsp3) is 0.167. The van der Waals surface area contributed by atoms with Crippen LogP contribution in [0.25, 0.3) is 6.08 Å². The fourth-order valence-electron chi connectivity index (χ4n) is 2.23. The van der Waals surface area contributed by atoms with Gasteiger partial charge in [0.15, 0.2) is 0 Å². The van der Waals surface area contributed by atoms with Crippen molar-refractivity contribution in [3.63, 3.8) is 0 Å². The highest BCUT2D eigenvalue weighted by Crippen LogP contribution is 2.32. The largest absolute Gasteiger partial charge is 0.486 e. The first-order valence-electron chi connectivity index (χ1n) is 7.57. The molecule has 0 N–H and O–H groups in total. The highest BCUT2D eigenvalue weighted by atomic mass is 32.2. The van der Waals surface area contributed by atoms with Crippen molar-refractivity contribution in [2.75, 3.05) is 6.54 Å². The van der Waals surface area contributed by atoms with Crippen LogP contribution in [0.2, 0.25) is 0 Å². The molecule has 126 valence electrons. The lowest BCUT2D eigenvalue weighted by Gasteiger charge is -2.09. The van der Waals surface area contributed by atoms with Gasteiger partial charge in [-0.2, -0.15) is 5.26 Å². The van der Waals surface area contributed by atoms with Crippen LogP contribution in [0.15, 0.2) is 45.7 Å². The van der Waals surface area contributed by atoms with E-state index in [1.165, 1.54) is 11.8 Å². The number of furan rings is 1. The molecule has 0 bridgehead atoms. The number of nitriles is 1. The molecule has 1 amide bonds. The van der Waals surface area contributed by atoms with Gasteiger partial charge >= 0.3 is 0 Å². The molecule has 2 aromatic rings. The summed E-state index contributed by atoms with van der Waals surface area (Å²) in [5.41, 5.74) is 0.581. The zero-order valence-electron chi connectivity index (χ0n) is 13.4.